The molecule has 0 bridgehead atoms. The van der Waals surface area contributed by atoms with E-state index < -0.39 is 5.89 Å². The maximum absolute atomic E-state index is 12.1. The number of aryl methyl sites for hydroxylation is 1. The van der Waals surface area contributed by atoms with Gasteiger partial charge < -0.3 is 5.11 Å². The maximum atomic E-state index is 12.1. The largest absolute Gasteiger partial charge is 0.507 e. The van der Waals surface area contributed by atoms with Crippen LogP contribution in [-0.4, -0.2) is 19.6 Å². The van der Waals surface area contributed by atoms with Crippen LogP contribution in [0.5, 0.6) is 5.75 Å². The van der Waals surface area contributed by atoms with Gasteiger partial charge in [-0.3, -0.25) is 9.55 Å². The number of phenols is 1. The number of aromatic nitrogens is 3. The summed E-state index contributed by atoms with van der Waals surface area (Å²) in [5.41, 5.74) is 17.2. The predicted molar refractivity (Wildman–Crippen MR) is 273 cm³/mol. The Morgan fingerprint density at radius 2 is 1.29 bits per heavy atom. The van der Waals surface area contributed by atoms with Gasteiger partial charge in [0.05, 0.1) is 22.3 Å². The van der Waals surface area contributed by atoms with Crippen LogP contribution in [0, 0.1) is 13.0 Å². The molecule has 0 aliphatic carbocycles. The van der Waals surface area contributed by atoms with Crippen LogP contribution in [-0.2, 0) is 31.9 Å². The summed E-state index contributed by atoms with van der Waals surface area (Å²) in [4.78, 5) is 10.5. The van der Waals surface area contributed by atoms with Gasteiger partial charge in [-0.15, -0.1) is 23.8 Å². The Balaban J connectivity index is 0.00000608. The minimum atomic E-state index is -0.679. The Morgan fingerprint density at radius 3 is 1.95 bits per heavy atom. The fraction of sp³-hybridized carbons (Fsp3) is 0.213. The van der Waals surface area contributed by atoms with Crippen molar-refractivity contribution >= 4 is 11.0 Å². The molecule has 334 valence electrons. The van der Waals surface area contributed by atoms with Crippen molar-refractivity contribution < 1.29 is 27.5 Å². The van der Waals surface area contributed by atoms with Crippen molar-refractivity contribution in [2.45, 2.75) is 85.5 Å². The van der Waals surface area contributed by atoms with Crippen LogP contribution >= 0.6 is 0 Å². The summed E-state index contributed by atoms with van der Waals surface area (Å²) >= 11 is 0. The second kappa shape index (κ2) is 18.5. The van der Waals surface area contributed by atoms with Gasteiger partial charge in [-0.2, -0.15) is 0 Å². The summed E-state index contributed by atoms with van der Waals surface area (Å²) in [6.45, 7) is 19.3. The van der Waals surface area contributed by atoms with E-state index in [1.807, 2.05) is 51.2 Å². The molecule has 0 saturated heterocycles. The van der Waals surface area contributed by atoms with Gasteiger partial charge >= 0.3 is 0 Å². The SMILES string of the molecule is [2H]C(C)(C)c1ccc(-c2ccnc(-c3[c-]c(-c4cccc5c4nc(-c4cc(C(C)(C)C)cc(C)c4O)n5-c4ccc(C(C)(C)CC)cc4-c4ccccc4)cc(-c4ccccc4)c3)c2)cc1.[Pt]. The molecule has 1 N–H and O–H groups in total. The van der Waals surface area contributed by atoms with E-state index in [-0.39, 0.29) is 37.6 Å². The van der Waals surface area contributed by atoms with Crippen LogP contribution in [0.2, 0.25) is 0 Å². The van der Waals surface area contributed by atoms with Crippen molar-refractivity contribution in [3.05, 3.63) is 192 Å². The Bertz CT molecular complexity index is 3230. The molecule has 9 rings (SSSR count). The first-order valence-corrected chi connectivity index (χ1v) is 22.8. The molecule has 0 saturated carbocycles. The molecule has 9 aromatic rings. The van der Waals surface area contributed by atoms with E-state index in [4.69, 9.17) is 11.3 Å². The minimum absolute atomic E-state index is 0. The van der Waals surface area contributed by atoms with E-state index in [9.17, 15) is 5.11 Å². The second-order valence-corrected chi connectivity index (χ2v) is 19.3. The average Bonchev–Trinajstić information content (AvgIpc) is 3.71. The number of nitrogens with zero attached hydrogens (tertiary/aromatic N) is 3. The summed E-state index contributed by atoms with van der Waals surface area (Å²) in [6, 6.07) is 59.1. The van der Waals surface area contributed by atoms with Gasteiger partial charge in [0.2, 0.25) is 0 Å². The number of fused-ring (bicyclic) bond motifs is 1. The molecule has 7 aromatic carbocycles. The number of hydrogen-bond donors (Lipinski definition) is 1. The van der Waals surface area contributed by atoms with E-state index in [2.05, 4.69) is 186 Å². The molecule has 0 unspecified atom stereocenters. The van der Waals surface area contributed by atoms with E-state index >= 15 is 0 Å². The topological polar surface area (TPSA) is 50.9 Å². The third kappa shape index (κ3) is 8.97. The number of imidazole rings is 1. The van der Waals surface area contributed by atoms with Gasteiger partial charge in [-0.05, 0) is 105 Å². The molecule has 5 heteroatoms. The van der Waals surface area contributed by atoms with Crippen LogP contribution in [0.3, 0.4) is 0 Å². The van der Waals surface area contributed by atoms with Crippen molar-refractivity contribution in [1.82, 2.24) is 14.5 Å². The Hall–Kier alpha value is -6.35. The molecule has 4 nitrogen and oxygen atoms in total. The fourth-order valence-electron chi connectivity index (χ4n) is 8.73. The monoisotopic (exact) mass is 1040 g/mol. The molecular weight excluding hydrogens is 986 g/mol. The minimum Gasteiger partial charge on any atom is -0.507 e. The third-order valence-electron chi connectivity index (χ3n) is 13.2. The predicted octanol–water partition coefficient (Wildman–Crippen LogP) is 16.3. The summed E-state index contributed by atoms with van der Waals surface area (Å²) in [7, 11) is 0. The van der Waals surface area contributed by atoms with Gasteiger partial charge in [0, 0.05) is 39.9 Å². The molecule has 0 amide bonds. The maximum Gasteiger partial charge on any atom is 0.148 e. The molecule has 66 heavy (non-hydrogen) atoms. The first-order valence-electron chi connectivity index (χ1n) is 23.3. The van der Waals surface area contributed by atoms with E-state index in [1.54, 1.807) is 0 Å². The second-order valence-electron chi connectivity index (χ2n) is 19.3. The van der Waals surface area contributed by atoms with Crippen molar-refractivity contribution in [1.29, 1.82) is 0 Å². The standard InChI is InChI=1S/C61H58N3O.Pt/c1-10-61(8,9)49-28-29-55(52(37-49)44-20-15-12-16-21-44)64-56-23-17-22-51(57(56)63-59(64)53-38-50(60(5,6)7)32-40(4)58(53)65)47-33-46(42-18-13-11-14-19-42)34-48(35-47)54-36-45(30-31-62-54)43-26-24-41(25-27-43)39(2)3;/h11-34,36-39,65H,10H2,1-9H3;/q-1;/i39D;. The van der Waals surface area contributed by atoms with Crippen molar-refractivity contribution in [2.24, 2.45) is 0 Å². The first kappa shape index (κ1) is 44.8. The molecule has 2 aromatic heterocycles. The molecule has 0 atom stereocenters. The third-order valence-corrected chi connectivity index (χ3v) is 13.2. The van der Waals surface area contributed by atoms with E-state index in [1.165, 1.54) is 5.56 Å². The molecule has 0 spiro atoms. The summed E-state index contributed by atoms with van der Waals surface area (Å²) in [5, 5.41) is 12.1. The molecular formula is C61H58N3OPt-. The summed E-state index contributed by atoms with van der Waals surface area (Å²) in [6.07, 6.45) is 2.86. The van der Waals surface area contributed by atoms with E-state index in [0.29, 0.717) is 11.4 Å². The number of phenolic OH excluding ortho intramolecular Hbond substituents is 1. The number of hydrogen-bond acceptors (Lipinski definition) is 3. The quantitative estimate of drug-likeness (QED) is 0.139. The molecule has 0 fully saturated rings. The number of benzene rings is 7. The molecule has 0 aliphatic heterocycles. The van der Waals surface area contributed by atoms with Crippen molar-refractivity contribution in [3.8, 4) is 78.6 Å². The van der Waals surface area contributed by atoms with Crippen LogP contribution < -0.4 is 0 Å². The number of pyridine rings is 1. The van der Waals surface area contributed by atoms with Crippen LogP contribution in [0.25, 0.3) is 83.9 Å². The van der Waals surface area contributed by atoms with Crippen LogP contribution in [0.4, 0.5) is 0 Å². The van der Waals surface area contributed by atoms with E-state index in [0.717, 1.165) is 95.6 Å². The number of aromatic hydroxyl groups is 1. The van der Waals surface area contributed by atoms with Crippen molar-refractivity contribution in [2.75, 3.05) is 0 Å². The zero-order valence-electron chi connectivity index (χ0n) is 40.4. The number of para-hydroxylation sites is 1. The van der Waals surface area contributed by atoms with Gasteiger partial charge in [0.25, 0.3) is 0 Å². The summed E-state index contributed by atoms with van der Waals surface area (Å²) in [5.74, 6) is 0.202. The smallest absolute Gasteiger partial charge is 0.148 e. The molecule has 0 radical (unpaired) electrons. The first-order chi connectivity index (χ1) is 31.5. The zero-order chi connectivity index (χ0) is 46.5. The number of rotatable bonds is 10. The van der Waals surface area contributed by atoms with Gasteiger partial charge in [0.1, 0.15) is 11.6 Å². The van der Waals surface area contributed by atoms with Gasteiger partial charge in [-0.1, -0.05) is 187 Å². The average molecular weight is 1050 g/mol. The molecule has 0 aliphatic rings. The Labute approximate surface area is 407 Å². The van der Waals surface area contributed by atoms with Gasteiger partial charge in [0.15, 0.2) is 0 Å². The Kier molecular flexibility index (Phi) is 12.6. The zero-order valence-corrected chi connectivity index (χ0v) is 41.7. The van der Waals surface area contributed by atoms with Gasteiger partial charge in [-0.25, -0.2) is 4.98 Å². The fourth-order valence-corrected chi connectivity index (χ4v) is 8.73. The summed E-state index contributed by atoms with van der Waals surface area (Å²) < 4.78 is 10.8. The Morgan fingerprint density at radius 1 is 0.636 bits per heavy atom. The molecule has 2 heterocycles. The van der Waals surface area contributed by atoms with Crippen LogP contribution in [0.15, 0.2) is 164 Å². The van der Waals surface area contributed by atoms with Crippen molar-refractivity contribution in [3.63, 3.8) is 0 Å². The normalized spacial score (nSPS) is 12.2. The van der Waals surface area contributed by atoms with Crippen LogP contribution in [0.1, 0.15) is 91.3 Å².